The zero-order valence-corrected chi connectivity index (χ0v) is 18.3. The lowest BCUT2D eigenvalue weighted by Gasteiger charge is -2.50. The van der Waals surface area contributed by atoms with Gasteiger partial charge >= 0.3 is 6.18 Å². The minimum atomic E-state index is -4.40. The standard InChI is InChI=1S/C27H29F3O2/c1-3-32-24-14-17-7-8-20-19(11-12-26(2)23(20)9-10-25(26)31)21(17)15-22(24)16-5-4-6-18(13-16)27(28,29)30/h3-6,13-15,19-20,23,25,31H,1,7-12H2,2H3/t19-,20+,23-,25-,26-/m0/s1. The van der Waals surface area contributed by atoms with Crippen LogP contribution in [-0.2, 0) is 12.6 Å². The summed E-state index contributed by atoms with van der Waals surface area (Å²) in [6.07, 6.45) is 2.65. The molecule has 3 aliphatic rings. The largest absolute Gasteiger partial charge is 0.465 e. The number of aliphatic hydroxyl groups is 1. The second kappa shape index (κ2) is 7.65. The number of rotatable bonds is 3. The highest BCUT2D eigenvalue weighted by molar-refractivity contribution is 5.73. The molecule has 2 aromatic carbocycles. The summed E-state index contributed by atoms with van der Waals surface area (Å²) in [5.74, 6) is 1.95. The number of benzene rings is 2. The number of fused-ring (bicyclic) bond motifs is 5. The Morgan fingerprint density at radius 2 is 1.94 bits per heavy atom. The molecule has 0 amide bonds. The first-order valence-electron chi connectivity index (χ1n) is 11.5. The van der Waals surface area contributed by atoms with E-state index in [0.29, 0.717) is 34.6 Å². The van der Waals surface area contributed by atoms with E-state index in [1.807, 2.05) is 6.07 Å². The molecule has 2 saturated carbocycles. The Hall–Kier alpha value is -2.27. The van der Waals surface area contributed by atoms with Crippen LogP contribution in [0.3, 0.4) is 0 Å². The summed E-state index contributed by atoms with van der Waals surface area (Å²) in [7, 11) is 0. The van der Waals surface area contributed by atoms with Crippen molar-refractivity contribution in [1.82, 2.24) is 0 Å². The number of aliphatic hydroxyl groups excluding tert-OH is 1. The fourth-order valence-corrected chi connectivity index (χ4v) is 6.85. The van der Waals surface area contributed by atoms with Crippen molar-refractivity contribution in [2.24, 2.45) is 17.3 Å². The van der Waals surface area contributed by atoms with Crippen LogP contribution < -0.4 is 4.74 Å². The molecule has 1 N–H and O–H groups in total. The molecular weight excluding hydrogens is 413 g/mol. The fourth-order valence-electron chi connectivity index (χ4n) is 6.85. The zero-order chi connectivity index (χ0) is 22.7. The Balaban J connectivity index is 1.58. The van der Waals surface area contributed by atoms with Gasteiger partial charge in [0.2, 0.25) is 0 Å². The molecule has 0 aromatic heterocycles. The molecule has 0 aliphatic heterocycles. The third kappa shape index (κ3) is 3.37. The van der Waals surface area contributed by atoms with Gasteiger partial charge < -0.3 is 9.84 Å². The maximum atomic E-state index is 13.4. The molecule has 5 atom stereocenters. The van der Waals surface area contributed by atoms with Crippen molar-refractivity contribution in [2.75, 3.05) is 0 Å². The van der Waals surface area contributed by atoms with Gasteiger partial charge in [-0.3, -0.25) is 0 Å². The van der Waals surface area contributed by atoms with Crippen LogP contribution in [0.2, 0.25) is 0 Å². The molecule has 2 nitrogen and oxygen atoms in total. The van der Waals surface area contributed by atoms with Crippen molar-refractivity contribution in [1.29, 1.82) is 0 Å². The molecule has 2 fully saturated rings. The van der Waals surface area contributed by atoms with Gasteiger partial charge in [0.25, 0.3) is 0 Å². The molecule has 0 radical (unpaired) electrons. The normalized spacial score (nSPS) is 31.4. The van der Waals surface area contributed by atoms with Crippen molar-refractivity contribution in [3.8, 4) is 16.9 Å². The Kier molecular flexibility index (Phi) is 5.16. The van der Waals surface area contributed by atoms with Crippen molar-refractivity contribution >= 4 is 0 Å². The Morgan fingerprint density at radius 1 is 1.12 bits per heavy atom. The van der Waals surface area contributed by atoms with E-state index < -0.39 is 11.7 Å². The summed E-state index contributed by atoms with van der Waals surface area (Å²) in [4.78, 5) is 0. The van der Waals surface area contributed by atoms with Crippen LogP contribution in [0.15, 0.2) is 49.2 Å². The number of aryl methyl sites for hydroxylation is 1. The first-order valence-corrected chi connectivity index (χ1v) is 11.5. The average Bonchev–Trinajstić information content (AvgIpc) is 3.07. The van der Waals surface area contributed by atoms with E-state index in [4.69, 9.17) is 4.74 Å². The van der Waals surface area contributed by atoms with Crippen LogP contribution in [0.5, 0.6) is 5.75 Å². The van der Waals surface area contributed by atoms with Crippen LogP contribution in [0.25, 0.3) is 11.1 Å². The Bertz CT molecular complexity index is 1040. The third-order valence-corrected chi connectivity index (χ3v) is 8.49. The molecule has 170 valence electrons. The molecule has 3 aliphatic carbocycles. The van der Waals surface area contributed by atoms with Gasteiger partial charge in [0, 0.05) is 5.56 Å². The third-order valence-electron chi connectivity index (χ3n) is 8.49. The maximum absolute atomic E-state index is 13.4. The van der Waals surface area contributed by atoms with Crippen LogP contribution in [0.4, 0.5) is 13.2 Å². The second-order valence-electron chi connectivity index (χ2n) is 9.96. The lowest BCUT2D eigenvalue weighted by Crippen LogP contribution is -2.43. The molecule has 5 heteroatoms. The quantitative estimate of drug-likeness (QED) is 0.513. The molecule has 2 aromatic rings. The lowest BCUT2D eigenvalue weighted by atomic mass is 9.55. The number of alkyl halides is 3. The van der Waals surface area contributed by atoms with E-state index in [1.54, 1.807) is 6.07 Å². The van der Waals surface area contributed by atoms with Crippen molar-refractivity contribution < 1.29 is 23.0 Å². The molecule has 5 rings (SSSR count). The molecule has 0 heterocycles. The van der Waals surface area contributed by atoms with Gasteiger partial charge in [-0.1, -0.05) is 25.6 Å². The lowest BCUT2D eigenvalue weighted by molar-refractivity contribution is -0.137. The van der Waals surface area contributed by atoms with Crippen molar-refractivity contribution in [3.05, 3.63) is 65.9 Å². The first-order chi connectivity index (χ1) is 15.2. The van der Waals surface area contributed by atoms with Crippen LogP contribution in [0.1, 0.15) is 61.6 Å². The number of hydrogen-bond donors (Lipinski definition) is 1. The van der Waals surface area contributed by atoms with Crippen LogP contribution in [-0.4, -0.2) is 11.2 Å². The topological polar surface area (TPSA) is 29.5 Å². The molecular formula is C27H29F3O2. The average molecular weight is 443 g/mol. The highest BCUT2D eigenvalue weighted by atomic mass is 19.4. The van der Waals surface area contributed by atoms with E-state index in [2.05, 4.69) is 19.6 Å². The summed E-state index contributed by atoms with van der Waals surface area (Å²) in [5.41, 5.74) is 2.97. The molecule has 0 unspecified atom stereocenters. The van der Waals surface area contributed by atoms with Gasteiger partial charge in [-0.15, -0.1) is 0 Å². The SMILES string of the molecule is C=COc1cc2c(cc1-c1cccc(C(F)(F)F)c1)[C@H]1CC[C@]3(C)[C@@H](O)CC[C@H]3[C@@H]1CC2. The summed E-state index contributed by atoms with van der Waals surface area (Å²) in [6.45, 7) is 5.90. The van der Waals surface area contributed by atoms with Gasteiger partial charge in [0.1, 0.15) is 5.75 Å². The Labute approximate surface area is 187 Å². The zero-order valence-electron chi connectivity index (χ0n) is 18.3. The van der Waals surface area contributed by atoms with E-state index in [9.17, 15) is 18.3 Å². The molecule has 0 bridgehead atoms. The first kappa shape index (κ1) is 21.6. The number of halogens is 3. The van der Waals surface area contributed by atoms with Gasteiger partial charge in [-0.2, -0.15) is 13.2 Å². The van der Waals surface area contributed by atoms with E-state index in [1.165, 1.54) is 29.5 Å². The van der Waals surface area contributed by atoms with Crippen LogP contribution >= 0.6 is 0 Å². The molecule has 0 spiro atoms. The van der Waals surface area contributed by atoms with Gasteiger partial charge in [-0.05, 0) is 103 Å². The fraction of sp³-hybridized carbons (Fsp3) is 0.481. The summed E-state index contributed by atoms with van der Waals surface area (Å²) < 4.78 is 45.7. The highest BCUT2D eigenvalue weighted by Crippen LogP contribution is 2.61. The summed E-state index contributed by atoms with van der Waals surface area (Å²) in [5, 5.41) is 10.6. The number of ether oxygens (including phenoxy) is 1. The highest BCUT2D eigenvalue weighted by Gasteiger charge is 2.54. The monoisotopic (exact) mass is 442 g/mol. The summed E-state index contributed by atoms with van der Waals surface area (Å²) in [6, 6.07) is 9.51. The maximum Gasteiger partial charge on any atom is 0.416 e. The second-order valence-corrected chi connectivity index (χ2v) is 9.96. The van der Waals surface area contributed by atoms with Gasteiger partial charge in [-0.25, -0.2) is 0 Å². The summed E-state index contributed by atoms with van der Waals surface area (Å²) >= 11 is 0. The van der Waals surface area contributed by atoms with Gasteiger partial charge in [0.15, 0.2) is 0 Å². The molecule has 0 saturated heterocycles. The smallest absolute Gasteiger partial charge is 0.416 e. The predicted molar refractivity (Wildman–Crippen MR) is 118 cm³/mol. The van der Waals surface area contributed by atoms with Crippen molar-refractivity contribution in [3.63, 3.8) is 0 Å². The van der Waals surface area contributed by atoms with Crippen molar-refractivity contribution in [2.45, 2.75) is 63.6 Å². The minimum absolute atomic E-state index is 0.00552. The number of hydrogen-bond acceptors (Lipinski definition) is 2. The minimum Gasteiger partial charge on any atom is -0.465 e. The van der Waals surface area contributed by atoms with Crippen LogP contribution in [0, 0.1) is 17.3 Å². The predicted octanol–water partition coefficient (Wildman–Crippen LogP) is 7.11. The van der Waals surface area contributed by atoms with Gasteiger partial charge in [0.05, 0.1) is 17.9 Å². The Morgan fingerprint density at radius 3 is 2.69 bits per heavy atom. The van der Waals surface area contributed by atoms with E-state index >= 15 is 0 Å². The molecule has 32 heavy (non-hydrogen) atoms. The van der Waals surface area contributed by atoms with E-state index in [0.717, 1.165) is 44.6 Å². The van der Waals surface area contributed by atoms with E-state index in [-0.39, 0.29) is 11.5 Å².